The highest BCUT2D eigenvalue weighted by atomic mass is 19.1. The van der Waals surface area contributed by atoms with Crippen molar-refractivity contribution < 1.29 is 14.2 Å². The van der Waals surface area contributed by atoms with E-state index in [2.05, 4.69) is 21.7 Å². The lowest BCUT2D eigenvalue weighted by atomic mass is 10.0. The minimum Gasteiger partial charge on any atom is -0.496 e. The molecule has 0 bridgehead atoms. The van der Waals surface area contributed by atoms with Crippen molar-refractivity contribution in [3.63, 3.8) is 0 Å². The number of benzene rings is 2. The number of nitrogens with zero attached hydrogens (tertiary/aromatic N) is 1. The summed E-state index contributed by atoms with van der Waals surface area (Å²) in [5.74, 6) is 1.03. The van der Waals surface area contributed by atoms with E-state index in [-0.39, 0.29) is 18.2 Å². The van der Waals surface area contributed by atoms with Crippen molar-refractivity contribution >= 4 is 5.96 Å². The molecule has 3 N–H and O–H groups in total. The molecule has 0 saturated carbocycles. The van der Waals surface area contributed by atoms with Gasteiger partial charge in [-0.15, -0.1) is 0 Å². The molecule has 0 radical (unpaired) electrons. The number of rotatable bonds is 6. The Morgan fingerprint density at radius 3 is 2.69 bits per heavy atom. The molecule has 0 aliphatic carbocycles. The molecule has 0 aliphatic rings. The highest BCUT2D eigenvalue weighted by molar-refractivity contribution is 5.80. The number of ether oxygens (including phenoxy) is 1. The van der Waals surface area contributed by atoms with Crippen molar-refractivity contribution in [2.24, 2.45) is 4.99 Å². The Labute approximate surface area is 153 Å². The highest BCUT2D eigenvalue weighted by Crippen LogP contribution is 2.25. The fourth-order valence-corrected chi connectivity index (χ4v) is 2.71. The van der Waals surface area contributed by atoms with Gasteiger partial charge in [0.1, 0.15) is 11.6 Å². The Hall–Kier alpha value is -2.60. The summed E-state index contributed by atoms with van der Waals surface area (Å²) in [6.45, 7) is 4.21. The van der Waals surface area contributed by atoms with Crippen LogP contribution >= 0.6 is 0 Å². The fourth-order valence-electron chi connectivity index (χ4n) is 2.71. The van der Waals surface area contributed by atoms with Gasteiger partial charge >= 0.3 is 0 Å². The zero-order valence-corrected chi connectivity index (χ0v) is 15.6. The van der Waals surface area contributed by atoms with Gasteiger partial charge in [-0.05, 0) is 37.6 Å². The van der Waals surface area contributed by atoms with E-state index in [1.165, 1.54) is 6.07 Å². The first-order chi connectivity index (χ1) is 12.5. The van der Waals surface area contributed by atoms with Gasteiger partial charge in [-0.1, -0.05) is 23.8 Å². The van der Waals surface area contributed by atoms with Gasteiger partial charge in [-0.25, -0.2) is 4.39 Å². The first-order valence-corrected chi connectivity index (χ1v) is 8.48. The van der Waals surface area contributed by atoms with E-state index in [4.69, 9.17) is 4.74 Å². The fraction of sp³-hybridized carbons (Fsp3) is 0.350. The number of nitrogens with one attached hydrogen (secondary N) is 2. The van der Waals surface area contributed by atoms with Crippen LogP contribution in [0.25, 0.3) is 0 Å². The van der Waals surface area contributed by atoms with E-state index < -0.39 is 5.82 Å². The van der Waals surface area contributed by atoms with Gasteiger partial charge in [0.05, 0.1) is 19.8 Å². The van der Waals surface area contributed by atoms with Crippen LogP contribution in [-0.4, -0.2) is 25.2 Å². The molecule has 2 rings (SSSR count). The highest BCUT2D eigenvalue weighted by Gasteiger charge is 2.13. The largest absolute Gasteiger partial charge is 0.496 e. The van der Waals surface area contributed by atoms with Crippen LogP contribution in [0, 0.1) is 12.7 Å². The Balaban J connectivity index is 2.05. The Morgan fingerprint density at radius 2 is 2.04 bits per heavy atom. The lowest BCUT2D eigenvalue weighted by Crippen LogP contribution is -2.38. The normalized spacial score (nSPS) is 12.6. The van der Waals surface area contributed by atoms with Crippen molar-refractivity contribution in [2.75, 3.05) is 14.2 Å². The molecule has 0 heterocycles. The van der Waals surface area contributed by atoms with Gasteiger partial charge < -0.3 is 20.5 Å². The van der Waals surface area contributed by atoms with Crippen molar-refractivity contribution in [1.29, 1.82) is 0 Å². The zero-order valence-electron chi connectivity index (χ0n) is 15.6. The summed E-state index contributed by atoms with van der Waals surface area (Å²) in [5.41, 5.74) is 3.34. The summed E-state index contributed by atoms with van der Waals surface area (Å²) in [5, 5.41) is 15.7. The third-order valence-electron chi connectivity index (χ3n) is 4.17. The number of hydrogen-bond donors (Lipinski definition) is 3. The quantitative estimate of drug-likeness (QED) is 0.548. The summed E-state index contributed by atoms with van der Waals surface area (Å²) in [6, 6.07) is 10.7. The average molecular weight is 359 g/mol. The first-order valence-electron chi connectivity index (χ1n) is 8.48. The van der Waals surface area contributed by atoms with Gasteiger partial charge in [-0.3, -0.25) is 4.99 Å². The average Bonchev–Trinajstić information content (AvgIpc) is 2.65. The minimum atomic E-state index is -0.404. The molecule has 0 amide bonds. The zero-order chi connectivity index (χ0) is 19.1. The Morgan fingerprint density at radius 1 is 1.27 bits per heavy atom. The van der Waals surface area contributed by atoms with Crippen LogP contribution in [0.2, 0.25) is 0 Å². The topological polar surface area (TPSA) is 65.9 Å². The Kier molecular flexibility index (Phi) is 6.97. The number of aryl methyl sites for hydroxylation is 1. The molecule has 5 nitrogen and oxygen atoms in total. The molecular weight excluding hydrogens is 333 g/mol. The van der Waals surface area contributed by atoms with E-state index >= 15 is 0 Å². The minimum absolute atomic E-state index is 0.0164. The molecule has 1 atom stereocenters. The van der Waals surface area contributed by atoms with E-state index in [0.29, 0.717) is 12.5 Å². The summed E-state index contributed by atoms with van der Waals surface area (Å²) in [7, 11) is 3.35. The molecule has 0 aromatic heterocycles. The van der Waals surface area contributed by atoms with Crippen molar-refractivity contribution in [3.8, 4) is 5.75 Å². The van der Waals surface area contributed by atoms with Crippen molar-refractivity contribution in [3.05, 3.63) is 64.5 Å². The van der Waals surface area contributed by atoms with E-state index in [9.17, 15) is 9.50 Å². The predicted molar refractivity (Wildman–Crippen MR) is 102 cm³/mol. The molecule has 26 heavy (non-hydrogen) atoms. The third-order valence-corrected chi connectivity index (χ3v) is 4.17. The molecule has 0 aliphatic heterocycles. The van der Waals surface area contributed by atoms with Gasteiger partial charge in [0.25, 0.3) is 0 Å². The molecule has 0 spiro atoms. The maximum Gasteiger partial charge on any atom is 0.191 e. The second-order valence-electron chi connectivity index (χ2n) is 6.12. The molecule has 140 valence electrons. The van der Waals surface area contributed by atoms with Crippen LogP contribution in [0.5, 0.6) is 5.75 Å². The lowest BCUT2D eigenvalue weighted by molar-refractivity contribution is 0.275. The van der Waals surface area contributed by atoms with Gasteiger partial charge in [0.2, 0.25) is 0 Å². The van der Waals surface area contributed by atoms with Crippen LogP contribution in [0.1, 0.15) is 35.2 Å². The molecule has 0 fully saturated rings. The maximum atomic E-state index is 13.5. The van der Waals surface area contributed by atoms with Gasteiger partial charge in [0.15, 0.2) is 5.96 Å². The molecule has 2 aromatic rings. The second kappa shape index (κ2) is 9.20. The van der Waals surface area contributed by atoms with Crippen LogP contribution < -0.4 is 15.4 Å². The summed E-state index contributed by atoms with van der Waals surface area (Å²) < 4.78 is 18.9. The van der Waals surface area contributed by atoms with Crippen LogP contribution in [0.3, 0.4) is 0 Å². The van der Waals surface area contributed by atoms with E-state index in [1.807, 2.05) is 26.0 Å². The predicted octanol–water partition coefficient (Wildman–Crippen LogP) is 3.06. The number of methoxy groups -OCH3 is 1. The first kappa shape index (κ1) is 19.7. The molecule has 6 heteroatoms. The van der Waals surface area contributed by atoms with Gasteiger partial charge in [-0.2, -0.15) is 0 Å². The van der Waals surface area contributed by atoms with Crippen LogP contribution in [0.4, 0.5) is 4.39 Å². The molecule has 1 unspecified atom stereocenters. The summed E-state index contributed by atoms with van der Waals surface area (Å²) >= 11 is 0. The summed E-state index contributed by atoms with van der Waals surface area (Å²) in [4.78, 5) is 4.24. The van der Waals surface area contributed by atoms with Crippen LogP contribution in [-0.2, 0) is 13.2 Å². The number of aliphatic hydroxyl groups is 1. The van der Waals surface area contributed by atoms with Crippen molar-refractivity contribution in [2.45, 2.75) is 33.0 Å². The van der Waals surface area contributed by atoms with E-state index in [1.54, 1.807) is 26.3 Å². The van der Waals surface area contributed by atoms with Gasteiger partial charge in [0, 0.05) is 24.7 Å². The molecule has 2 aromatic carbocycles. The number of aliphatic hydroxyl groups excluding tert-OH is 1. The molecular formula is C20H26FN3O2. The maximum absolute atomic E-state index is 13.5. The number of aliphatic imine (C=N–C) groups is 1. The lowest BCUT2D eigenvalue weighted by Gasteiger charge is -2.21. The number of guanidine groups is 1. The van der Waals surface area contributed by atoms with Crippen molar-refractivity contribution in [1.82, 2.24) is 10.6 Å². The smallest absolute Gasteiger partial charge is 0.191 e. The number of halogens is 1. The monoisotopic (exact) mass is 359 g/mol. The second-order valence-corrected chi connectivity index (χ2v) is 6.12. The standard InChI is InChI=1S/C20H26FN3O2/c1-13-5-8-19(26-4)17(9-13)14(2)24-20(22-3)23-11-15-6-7-18(21)16(10-15)12-25/h5-10,14,25H,11-12H2,1-4H3,(H2,22,23,24). The molecule has 0 saturated heterocycles. The number of hydrogen-bond acceptors (Lipinski definition) is 3. The Bertz CT molecular complexity index is 778. The van der Waals surface area contributed by atoms with Crippen LogP contribution in [0.15, 0.2) is 41.4 Å². The third kappa shape index (κ3) is 4.95. The van der Waals surface area contributed by atoms with E-state index in [0.717, 1.165) is 22.4 Å². The SMILES string of the molecule is CN=C(NCc1ccc(F)c(CO)c1)NC(C)c1cc(C)ccc1OC. The summed E-state index contributed by atoms with van der Waals surface area (Å²) in [6.07, 6.45) is 0.